The van der Waals surface area contributed by atoms with Gasteiger partial charge in [0, 0.05) is 29.5 Å². The molecule has 0 amide bonds. The van der Waals surface area contributed by atoms with Gasteiger partial charge in [-0.3, -0.25) is 4.99 Å². The number of hydrogen-bond acceptors (Lipinski definition) is 2. The number of aliphatic imine (C=N–C) groups is 1. The number of nitrogens with zero attached hydrogens (tertiary/aromatic N) is 1. The van der Waals surface area contributed by atoms with E-state index in [0.29, 0.717) is 14.3 Å². The maximum absolute atomic E-state index is 13.6. The lowest BCUT2D eigenvalue weighted by molar-refractivity contribution is 0.452. The first-order chi connectivity index (χ1) is 11.3. The molecule has 2 nitrogen and oxygen atoms in total. The molecule has 2 atom stereocenters. The fraction of sp³-hybridized carbons (Fsp3) is 0.350. The lowest BCUT2D eigenvalue weighted by Gasteiger charge is -2.31. The van der Waals surface area contributed by atoms with Crippen LogP contribution in [0.5, 0.6) is 5.75 Å². The lowest BCUT2D eigenvalue weighted by Crippen LogP contribution is -2.20. The van der Waals surface area contributed by atoms with Crippen molar-refractivity contribution < 1.29 is 9.50 Å². The molecule has 0 heterocycles. The Balaban J connectivity index is 2.53. The van der Waals surface area contributed by atoms with Gasteiger partial charge in [0.15, 0.2) is 0 Å². The highest BCUT2D eigenvalue weighted by Gasteiger charge is 2.29. The molecule has 0 aromatic heterocycles. The Bertz CT molecular complexity index is 772. The molecule has 4 heteroatoms. The van der Waals surface area contributed by atoms with E-state index < -0.39 is 0 Å². The predicted molar refractivity (Wildman–Crippen MR) is 103 cm³/mol. The average molecular weight is 345 g/mol. The fourth-order valence-corrected chi connectivity index (χ4v) is 4.46. The van der Waals surface area contributed by atoms with Crippen molar-refractivity contribution in [2.75, 3.05) is 7.05 Å². The minimum Gasteiger partial charge on any atom is -0.507 e. The first-order valence-corrected chi connectivity index (χ1v) is 9.11. The number of benzene rings is 2. The third kappa shape index (κ3) is 3.84. The van der Waals surface area contributed by atoms with E-state index in [4.69, 9.17) is 0 Å². The van der Waals surface area contributed by atoms with Crippen LogP contribution in [0.25, 0.3) is 0 Å². The molecule has 0 spiro atoms. The summed E-state index contributed by atoms with van der Waals surface area (Å²) in [6.07, 6.45) is 2.57. The zero-order chi connectivity index (χ0) is 17.9. The molecular weight excluding hydrogens is 320 g/mol. The molecule has 2 unspecified atom stereocenters. The Labute approximate surface area is 145 Å². The van der Waals surface area contributed by atoms with Crippen LogP contribution in [0.1, 0.15) is 42.5 Å². The molecule has 128 valence electrons. The van der Waals surface area contributed by atoms with Crippen molar-refractivity contribution in [3.63, 3.8) is 0 Å². The van der Waals surface area contributed by atoms with E-state index in [-0.39, 0.29) is 11.0 Å². The van der Waals surface area contributed by atoms with Gasteiger partial charge in [-0.2, -0.15) is 0 Å². The smallest absolute Gasteiger partial charge is 0.123 e. The Hall–Kier alpha value is -1.73. The van der Waals surface area contributed by atoms with Crippen molar-refractivity contribution in [2.24, 2.45) is 4.99 Å². The molecule has 0 fully saturated rings. The van der Waals surface area contributed by atoms with E-state index in [2.05, 4.69) is 24.9 Å². The van der Waals surface area contributed by atoms with E-state index in [1.807, 2.05) is 26.0 Å². The third-order valence-corrected chi connectivity index (χ3v) is 6.34. The molecule has 0 saturated carbocycles. The summed E-state index contributed by atoms with van der Waals surface area (Å²) in [5.41, 5.74) is 3.80. The summed E-state index contributed by atoms with van der Waals surface area (Å²) in [5.74, 6) is 0.108. The molecule has 0 radical (unpaired) electrons. The van der Waals surface area contributed by atoms with Gasteiger partial charge in [0.25, 0.3) is 0 Å². The second-order valence-electron chi connectivity index (χ2n) is 6.41. The number of phenols is 1. The van der Waals surface area contributed by atoms with Crippen LogP contribution in [0.15, 0.2) is 35.3 Å². The largest absolute Gasteiger partial charge is 0.507 e. The van der Waals surface area contributed by atoms with Gasteiger partial charge >= 0.3 is 0 Å². The van der Waals surface area contributed by atoms with Gasteiger partial charge in [-0.15, -0.1) is 0 Å². The number of aromatic hydroxyl groups is 1. The van der Waals surface area contributed by atoms with Crippen LogP contribution >= 0.6 is 8.58 Å². The predicted octanol–water partition coefficient (Wildman–Crippen LogP) is 4.83. The first-order valence-electron chi connectivity index (χ1n) is 8.11. The summed E-state index contributed by atoms with van der Waals surface area (Å²) in [7, 11) is 2.09. The second kappa shape index (κ2) is 7.44. The van der Waals surface area contributed by atoms with Crippen molar-refractivity contribution in [1.82, 2.24) is 0 Å². The van der Waals surface area contributed by atoms with Gasteiger partial charge in [-0.25, -0.2) is 4.39 Å². The number of rotatable bonds is 5. The number of phenolic OH excluding ortho intramolecular Hbond substituents is 1. The first kappa shape index (κ1) is 18.6. The SMILES string of the molecule is CCC(C)(Pc1ccc(F)cc1C=NC)c1cc(C)cc(C)c1O. The van der Waals surface area contributed by atoms with Crippen LogP contribution < -0.4 is 5.30 Å². The summed E-state index contributed by atoms with van der Waals surface area (Å²) < 4.78 is 13.6. The molecule has 0 saturated heterocycles. The number of aryl methyl sites for hydroxylation is 2. The normalized spacial score (nSPS) is 14.6. The van der Waals surface area contributed by atoms with Crippen molar-refractivity contribution in [3.05, 3.63) is 58.4 Å². The van der Waals surface area contributed by atoms with Crippen LogP contribution in [0, 0.1) is 19.7 Å². The van der Waals surface area contributed by atoms with E-state index >= 15 is 0 Å². The van der Waals surface area contributed by atoms with Crippen LogP contribution in [0.4, 0.5) is 4.39 Å². The van der Waals surface area contributed by atoms with Crippen molar-refractivity contribution in [2.45, 2.75) is 39.3 Å². The van der Waals surface area contributed by atoms with E-state index in [9.17, 15) is 9.50 Å². The highest BCUT2D eigenvalue weighted by molar-refractivity contribution is 7.48. The van der Waals surface area contributed by atoms with Crippen molar-refractivity contribution in [1.29, 1.82) is 0 Å². The minimum absolute atomic E-state index is 0.213. The Kier molecular flexibility index (Phi) is 5.77. The van der Waals surface area contributed by atoms with Crippen molar-refractivity contribution >= 4 is 20.1 Å². The van der Waals surface area contributed by atoms with Crippen LogP contribution in [-0.4, -0.2) is 18.4 Å². The van der Waals surface area contributed by atoms with Gasteiger partial charge in [0.1, 0.15) is 11.6 Å². The van der Waals surface area contributed by atoms with Gasteiger partial charge < -0.3 is 5.11 Å². The second-order valence-corrected chi connectivity index (χ2v) is 8.30. The van der Waals surface area contributed by atoms with Crippen LogP contribution in [-0.2, 0) is 5.16 Å². The molecular formula is C20H25FNOP. The zero-order valence-electron chi connectivity index (χ0n) is 14.9. The van der Waals surface area contributed by atoms with Gasteiger partial charge in [-0.05, 0) is 43.3 Å². The van der Waals surface area contributed by atoms with Crippen LogP contribution in [0.2, 0.25) is 0 Å². The highest BCUT2D eigenvalue weighted by atomic mass is 31.1. The minimum atomic E-state index is -0.258. The van der Waals surface area contributed by atoms with Gasteiger partial charge in [-0.1, -0.05) is 46.2 Å². The Morgan fingerprint density at radius 2 is 1.96 bits per heavy atom. The number of halogens is 1. The fourth-order valence-electron chi connectivity index (χ4n) is 2.92. The monoisotopic (exact) mass is 345 g/mol. The summed E-state index contributed by atoms with van der Waals surface area (Å²) in [6.45, 7) is 8.26. The maximum atomic E-state index is 13.6. The average Bonchev–Trinajstić information content (AvgIpc) is 2.53. The topological polar surface area (TPSA) is 32.6 Å². The van der Waals surface area contributed by atoms with Crippen molar-refractivity contribution in [3.8, 4) is 5.75 Å². The van der Waals surface area contributed by atoms with E-state index in [1.54, 1.807) is 13.3 Å². The molecule has 0 aliphatic rings. The molecule has 0 bridgehead atoms. The van der Waals surface area contributed by atoms with Gasteiger partial charge in [0.05, 0.1) is 0 Å². The molecule has 2 rings (SSSR count). The summed E-state index contributed by atoms with van der Waals surface area (Å²) in [6, 6.07) is 8.90. The standard InChI is InChI=1S/C20H25FNOP/c1-6-20(4,17-10-13(2)9-14(3)19(17)23)24-18-8-7-16(21)11-15(18)12-22-5/h7-12,23-24H,6H2,1-5H3. The molecule has 2 aromatic carbocycles. The summed E-state index contributed by atoms with van der Waals surface area (Å²) in [5, 5.41) is 11.4. The molecule has 24 heavy (non-hydrogen) atoms. The summed E-state index contributed by atoms with van der Waals surface area (Å²) >= 11 is 0. The zero-order valence-corrected chi connectivity index (χ0v) is 15.9. The maximum Gasteiger partial charge on any atom is 0.123 e. The lowest BCUT2D eigenvalue weighted by atomic mass is 9.93. The van der Waals surface area contributed by atoms with Crippen LogP contribution in [0.3, 0.4) is 0 Å². The van der Waals surface area contributed by atoms with E-state index in [0.717, 1.165) is 34.0 Å². The third-order valence-electron chi connectivity index (χ3n) is 4.44. The molecule has 0 aliphatic heterocycles. The Morgan fingerprint density at radius 1 is 1.25 bits per heavy atom. The highest BCUT2D eigenvalue weighted by Crippen LogP contribution is 2.48. The summed E-state index contributed by atoms with van der Waals surface area (Å²) in [4.78, 5) is 4.05. The number of hydrogen-bond donors (Lipinski definition) is 1. The van der Waals surface area contributed by atoms with Gasteiger partial charge in [0.2, 0.25) is 0 Å². The molecule has 2 aromatic rings. The Morgan fingerprint density at radius 3 is 2.58 bits per heavy atom. The quantitative estimate of drug-likeness (QED) is 0.611. The molecule has 1 N–H and O–H groups in total. The van der Waals surface area contributed by atoms with E-state index in [1.165, 1.54) is 12.1 Å². The molecule has 0 aliphatic carbocycles.